The molecule has 0 bridgehead atoms. The molecule has 0 atom stereocenters. The number of nitrogens with two attached hydrogens (primary N) is 1. The minimum atomic E-state index is -0.187. The molecule has 2 heterocycles. The van der Waals surface area contributed by atoms with Gasteiger partial charge in [0.2, 0.25) is 0 Å². The third-order valence-electron chi connectivity index (χ3n) is 2.76. The SMILES string of the molecule is Cc1nc(CN(C)c2snc(N)c2C(=O)NC(C)C)cs1. The van der Waals surface area contributed by atoms with Gasteiger partial charge in [0.25, 0.3) is 5.91 Å². The second-order valence-corrected chi connectivity index (χ2v) is 6.90. The number of nitrogens with zero attached hydrogens (tertiary/aromatic N) is 3. The van der Waals surface area contributed by atoms with Crippen molar-refractivity contribution >= 4 is 39.6 Å². The molecule has 0 fully saturated rings. The molecule has 0 saturated heterocycles. The molecular weight excluding hydrogens is 306 g/mol. The highest BCUT2D eigenvalue weighted by molar-refractivity contribution is 7.11. The first-order valence-electron chi connectivity index (χ1n) is 6.56. The van der Waals surface area contributed by atoms with E-state index < -0.39 is 0 Å². The summed E-state index contributed by atoms with van der Waals surface area (Å²) in [4.78, 5) is 18.6. The summed E-state index contributed by atoms with van der Waals surface area (Å²) in [6, 6.07) is 0.0520. The quantitative estimate of drug-likeness (QED) is 0.881. The fraction of sp³-hybridized carbons (Fsp3) is 0.462. The van der Waals surface area contributed by atoms with E-state index in [1.165, 1.54) is 11.5 Å². The molecule has 2 aromatic rings. The van der Waals surface area contributed by atoms with Crippen molar-refractivity contribution in [2.24, 2.45) is 0 Å². The highest BCUT2D eigenvalue weighted by atomic mass is 32.1. The number of hydrogen-bond acceptors (Lipinski definition) is 7. The lowest BCUT2D eigenvalue weighted by Crippen LogP contribution is -2.31. The van der Waals surface area contributed by atoms with Crippen LogP contribution in [-0.4, -0.2) is 28.4 Å². The van der Waals surface area contributed by atoms with E-state index >= 15 is 0 Å². The zero-order chi connectivity index (χ0) is 15.6. The predicted octanol–water partition coefficient (Wildman–Crippen LogP) is 2.26. The van der Waals surface area contributed by atoms with Crippen molar-refractivity contribution in [2.75, 3.05) is 17.7 Å². The Morgan fingerprint density at radius 3 is 2.81 bits per heavy atom. The van der Waals surface area contributed by atoms with E-state index in [1.807, 2.05) is 38.1 Å². The maximum atomic E-state index is 12.3. The zero-order valence-electron chi connectivity index (χ0n) is 12.5. The van der Waals surface area contributed by atoms with Crippen molar-refractivity contribution in [2.45, 2.75) is 33.4 Å². The van der Waals surface area contributed by atoms with Crippen LogP contribution in [0.2, 0.25) is 0 Å². The first-order chi connectivity index (χ1) is 9.88. The van der Waals surface area contributed by atoms with E-state index in [2.05, 4.69) is 14.7 Å². The maximum absolute atomic E-state index is 12.3. The summed E-state index contributed by atoms with van der Waals surface area (Å²) in [5.41, 5.74) is 7.27. The number of hydrogen-bond donors (Lipinski definition) is 2. The Bertz CT molecular complexity index is 634. The molecule has 8 heteroatoms. The van der Waals surface area contributed by atoms with E-state index in [0.29, 0.717) is 12.1 Å². The molecule has 6 nitrogen and oxygen atoms in total. The monoisotopic (exact) mass is 325 g/mol. The lowest BCUT2D eigenvalue weighted by molar-refractivity contribution is 0.0944. The maximum Gasteiger partial charge on any atom is 0.258 e. The molecule has 0 aromatic carbocycles. The molecule has 0 spiro atoms. The van der Waals surface area contributed by atoms with Gasteiger partial charge in [-0.1, -0.05) is 0 Å². The molecule has 0 aliphatic heterocycles. The van der Waals surface area contributed by atoms with Crippen LogP contribution in [-0.2, 0) is 6.54 Å². The van der Waals surface area contributed by atoms with E-state index in [9.17, 15) is 4.79 Å². The summed E-state index contributed by atoms with van der Waals surface area (Å²) in [6.07, 6.45) is 0. The fourth-order valence-electron chi connectivity index (χ4n) is 1.90. The number of carbonyl (C=O) groups is 1. The molecule has 3 N–H and O–H groups in total. The Balaban J connectivity index is 2.21. The Hall–Kier alpha value is -1.67. The minimum absolute atomic E-state index is 0.0520. The lowest BCUT2D eigenvalue weighted by Gasteiger charge is -2.17. The molecule has 0 aliphatic rings. The second-order valence-electron chi connectivity index (χ2n) is 5.09. The van der Waals surface area contributed by atoms with Crippen LogP contribution < -0.4 is 16.0 Å². The average Bonchev–Trinajstić information content (AvgIpc) is 2.94. The van der Waals surface area contributed by atoms with Crippen LogP contribution >= 0.6 is 22.9 Å². The molecular formula is C13H19N5OS2. The number of nitrogen functional groups attached to an aromatic ring is 1. The summed E-state index contributed by atoms with van der Waals surface area (Å²) in [5, 5.41) is 6.66. The molecule has 0 unspecified atom stereocenters. The predicted molar refractivity (Wildman–Crippen MR) is 88.1 cm³/mol. The smallest absolute Gasteiger partial charge is 0.258 e. The Kier molecular flexibility index (Phi) is 4.79. The van der Waals surface area contributed by atoms with Crippen molar-refractivity contribution in [1.82, 2.24) is 14.7 Å². The molecule has 2 aromatic heterocycles. The average molecular weight is 325 g/mol. The van der Waals surface area contributed by atoms with Gasteiger partial charge in [0.1, 0.15) is 10.6 Å². The highest BCUT2D eigenvalue weighted by Crippen LogP contribution is 2.30. The van der Waals surface area contributed by atoms with Gasteiger partial charge < -0.3 is 16.0 Å². The van der Waals surface area contributed by atoms with Gasteiger partial charge in [-0.25, -0.2) is 4.98 Å². The lowest BCUT2D eigenvalue weighted by atomic mass is 10.2. The molecule has 0 aliphatic carbocycles. The van der Waals surface area contributed by atoms with E-state index in [0.717, 1.165) is 15.7 Å². The van der Waals surface area contributed by atoms with Crippen LogP contribution in [0.5, 0.6) is 0 Å². The Morgan fingerprint density at radius 2 is 2.24 bits per heavy atom. The normalized spacial score (nSPS) is 10.9. The van der Waals surface area contributed by atoms with Crippen LogP contribution in [0.15, 0.2) is 5.38 Å². The van der Waals surface area contributed by atoms with Gasteiger partial charge >= 0.3 is 0 Å². The van der Waals surface area contributed by atoms with Crippen LogP contribution in [0.3, 0.4) is 0 Å². The number of aryl methyl sites for hydroxylation is 1. The summed E-state index contributed by atoms with van der Waals surface area (Å²) in [6.45, 7) is 6.42. The van der Waals surface area contributed by atoms with Gasteiger partial charge in [0.05, 0.1) is 17.2 Å². The highest BCUT2D eigenvalue weighted by Gasteiger charge is 2.22. The van der Waals surface area contributed by atoms with Crippen LogP contribution in [0.1, 0.15) is 34.9 Å². The second kappa shape index (κ2) is 6.40. The number of amides is 1. The number of carbonyl (C=O) groups excluding carboxylic acids is 1. The van der Waals surface area contributed by atoms with E-state index in [-0.39, 0.29) is 17.8 Å². The number of rotatable bonds is 5. The topological polar surface area (TPSA) is 84.1 Å². The number of nitrogens with one attached hydrogen (secondary N) is 1. The van der Waals surface area contributed by atoms with Crippen molar-refractivity contribution in [3.8, 4) is 0 Å². The molecule has 1 amide bonds. The first kappa shape index (κ1) is 15.7. The van der Waals surface area contributed by atoms with E-state index in [1.54, 1.807) is 11.3 Å². The van der Waals surface area contributed by atoms with Gasteiger partial charge in [-0.3, -0.25) is 4.79 Å². The van der Waals surface area contributed by atoms with Gasteiger partial charge in [-0.05, 0) is 32.3 Å². The number of aromatic nitrogens is 2. The van der Waals surface area contributed by atoms with Crippen LogP contribution in [0.25, 0.3) is 0 Å². The largest absolute Gasteiger partial charge is 0.382 e. The minimum Gasteiger partial charge on any atom is -0.382 e. The van der Waals surface area contributed by atoms with Crippen molar-refractivity contribution in [3.05, 3.63) is 21.6 Å². The van der Waals surface area contributed by atoms with Crippen molar-refractivity contribution in [1.29, 1.82) is 0 Å². The number of anilines is 2. The standard InChI is InChI=1S/C13H19N5OS2/c1-7(2)15-12(19)10-11(14)17-21-13(10)18(4)5-9-6-20-8(3)16-9/h6-7H,5H2,1-4H3,(H2,14,17)(H,15,19). The first-order valence-corrected chi connectivity index (χ1v) is 8.22. The zero-order valence-corrected chi connectivity index (χ0v) is 14.1. The summed E-state index contributed by atoms with van der Waals surface area (Å²) in [7, 11) is 1.91. The van der Waals surface area contributed by atoms with Gasteiger partial charge in [-0.15, -0.1) is 11.3 Å². The molecule has 21 heavy (non-hydrogen) atoms. The molecule has 114 valence electrons. The molecule has 0 saturated carbocycles. The van der Waals surface area contributed by atoms with Crippen molar-refractivity contribution < 1.29 is 4.79 Å². The van der Waals surface area contributed by atoms with Crippen LogP contribution in [0.4, 0.5) is 10.8 Å². The van der Waals surface area contributed by atoms with Gasteiger partial charge in [-0.2, -0.15) is 4.37 Å². The third kappa shape index (κ3) is 3.70. The number of thiazole rings is 1. The fourth-order valence-corrected chi connectivity index (χ4v) is 3.27. The third-order valence-corrected chi connectivity index (χ3v) is 4.56. The Labute approximate surface area is 132 Å². The summed E-state index contributed by atoms with van der Waals surface area (Å²) < 4.78 is 4.11. The summed E-state index contributed by atoms with van der Waals surface area (Å²) in [5.74, 6) is 0.0852. The Morgan fingerprint density at radius 1 is 1.52 bits per heavy atom. The van der Waals surface area contributed by atoms with Gasteiger partial charge in [0, 0.05) is 18.5 Å². The van der Waals surface area contributed by atoms with Crippen molar-refractivity contribution in [3.63, 3.8) is 0 Å². The van der Waals surface area contributed by atoms with Gasteiger partial charge in [0.15, 0.2) is 5.82 Å². The molecule has 0 radical (unpaired) electrons. The van der Waals surface area contributed by atoms with Crippen LogP contribution in [0, 0.1) is 6.92 Å². The van der Waals surface area contributed by atoms with E-state index in [4.69, 9.17) is 5.73 Å². The molecule has 2 rings (SSSR count). The summed E-state index contributed by atoms with van der Waals surface area (Å²) >= 11 is 2.84.